The molecule has 1 aromatic rings. The minimum Gasteiger partial charge on any atom is -0.312 e. The topological polar surface area (TPSA) is 46.2 Å². The molecule has 0 radical (unpaired) electrons. The van der Waals surface area contributed by atoms with Gasteiger partial charge in [-0.1, -0.05) is 11.6 Å². The van der Waals surface area contributed by atoms with E-state index in [1.54, 1.807) is 0 Å². The van der Waals surface area contributed by atoms with E-state index in [1.807, 2.05) is 20.8 Å². The van der Waals surface area contributed by atoms with Gasteiger partial charge in [-0.15, -0.1) is 0 Å². The number of benzene rings is 1. The minimum absolute atomic E-state index is 0.0119. The lowest BCUT2D eigenvalue weighted by Crippen LogP contribution is -2.36. The van der Waals surface area contributed by atoms with Gasteiger partial charge < -0.3 is 5.32 Å². The Hall–Kier alpha value is -0.650. The van der Waals surface area contributed by atoms with Crippen LogP contribution in [-0.2, 0) is 9.84 Å². The van der Waals surface area contributed by atoms with Crippen molar-refractivity contribution in [1.29, 1.82) is 0 Å². The van der Waals surface area contributed by atoms with Gasteiger partial charge in [-0.3, -0.25) is 0 Å². The molecule has 108 valence electrons. The lowest BCUT2D eigenvalue weighted by Gasteiger charge is -2.20. The number of sulfone groups is 1. The first-order chi connectivity index (χ1) is 8.62. The van der Waals surface area contributed by atoms with Gasteiger partial charge in [0.1, 0.15) is 5.82 Å². The van der Waals surface area contributed by atoms with Crippen molar-refractivity contribution in [3.8, 4) is 0 Å². The molecule has 0 heterocycles. The zero-order valence-electron chi connectivity index (χ0n) is 11.3. The molecule has 0 spiro atoms. The second kappa shape index (κ2) is 6.20. The van der Waals surface area contributed by atoms with Crippen LogP contribution in [0.25, 0.3) is 0 Å². The van der Waals surface area contributed by atoms with E-state index < -0.39 is 15.7 Å². The molecule has 0 aliphatic carbocycles. The van der Waals surface area contributed by atoms with Crippen molar-refractivity contribution in [2.75, 3.05) is 12.3 Å². The van der Waals surface area contributed by atoms with Crippen molar-refractivity contribution < 1.29 is 12.8 Å². The maximum Gasteiger partial charge on any atom is 0.178 e. The summed E-state index contributed by atoms with van der Waals surface area (Å²) in [5, 5.41) is 3.04. The summed E-state index contributed by atoms with van der Waals surface area (Å²) in [6.07, 6.45) is 0.495. The van der Waals surface area contributed by atoms with Crippen LogP contribution in [0.4, 0.5) is 4.39 Å². The monoisotopic (exact) mass is 307 g/mol. The highest BCUT2D eigenvalue weighted by atomic mass is 35.5. The molecular weight excluding hydrogens is 289 g/mol. The van der Waals surface area contributed by atoms with E-state index in [1.165, 1.54) is 6.07 Å². The van der Waals surface area contributed by atoms with Gasteiger partial charge in [0, 0.05) is 5.54 Å². The van der Waals surface area contributed by atoms with E-state index in [9.17, 15) is 12.8 Å². The first-order valence-electron chi connectivity index (χ1n) is 6.05. The number of rotatable bonds is 5. The lowest BCUT2D eigenvalue weighted by molar-refractivity contribution is 0.426. The molecule has 19 heavy (non-hydrogen) atoms. The third-order valence-electron chi connectivity index (χ3n) is 2.50. The Bertz CT molecular complexity index is 538. The van der Waals surface area contributed by atoms with Gasteiger partial charge >= 0.3 is 0 Å². The SMILES string of the molecule is CC(C)(C)NCCCS(=O)(=O)c1ccc(F)c(Cl)c1. The first kappa shape index (κ1) is 16.4. The highest BCUT2D eigenvalue weighted by Gasteiger charge is 2.16. The fraction of sp³-hybridized carbons (Fsp3) is 0.538. The Balaban J connectivity index is 2.63. The van der Waals surface area contributed by atoms with Crippen LogP contribution >= 0.6 is 11.6 Å². The summed E-state index contributed by atoms with van der Waals surface area (Å²) in [4.78, 5) is 0.0645. The fourth-order valence-corrected chi connectivity index (χ4v) is 3.09. The summed E-state index contributed by atoms with van der Waals surface area (Å²) < 4.78 is 37.0. The van der Waals surface area contributed by atoms with Crippen LogP contribution in [0.15, 0.2) is 23.1 Å². The van der Waals surface area contributed by atoms with Crippen molar-refractivity contribution in [1.82, 2.24) is 5.32 Å². The molecule has 1 rings (SSSR count). The van der Waals surface area contributed by atoms with Crippen LogP contribution in [0.1, 0.15) is 27.2 Å². The standard InChI is InChI=1S/C13H19ClFNO2S/c1-13(2,3)16-7-4-8-19(17,18)10-5-6-12(15)11(14)9-10/h5-6,9,16H,4,7-8H2,1-3H3. The Morgan fingerprint density at radius 2 is 1.95 bits per heavy atom. The molecule has 0 aromatic heterocycles. The highest BCUT2D eigenvalue weighted by molar-refractivity contribution is 7.91. The van der Waals surface area contributed by atoms with Crippen LogP contribution in [0, 0.1) is 5.82 Å². The van der Waals surface area contributed by atoms with Crippen LogP contribution in [0.3, 0.4) is 0 Å². The van der Waals surface area contributed by atoms with E-state index in [4.69, 9.17) is 11.6 Å². The van der Waals surface area contributed by atoms with Crippen molar-refractivity contribution in [2.45, 2.75) is 37.6 Å². The Labute approximate surface area is 119 Å². The molecule has 0 fully saturated rings. The molecular formula is C13H19ClFNO2S. The normalized spacial score (nSPS) is 12.7. The van der Waals surface area contributed by atoms with Gasteiger partial charge in [0.15, 0.2) is 9.84 Å². The van der Waals surface area contributed by atoms with E-state index in [0.717, 1.165) is 12.1 Å². The molecule has 0 saturated carbocycles. The Morgan fingerprint density at radius 3 is 2.47 bits per heavy atom. The number of nitrogens with one attached hydrogen (secondary N) is 1. The van der Waals surface area contributed by atoms with Crippen LogP contribution in [-0.4, -0.2) is 26.3 Å². The predicted molar refractivity (Wildman–Crippen MR) is 75.8 cm³/mol. The second-order valence-corrected chi connectivity index (χ2v) is 7.94. The van der Waals surface area contributed by atoms with Gasteiger partial charge in [0.05, 0.1) is 15.7 Å². The molecule has 1 N–H and O–H groups in total. The third-order valence-corrected chi connectivity index (χ3v) is 4.58. The van der Waals surface area contributed by atoms with E-state index in [-0.39, 0.29) is 21.2 Å². The highest BCUT2D eigenvalue weighted by Crippen LogP contribution is 2.20. The summed E-state index contributed by atoms with van der Waals surface area (Å²) >= 11 is 5.59. The smallest absolute Gasteiger partial charge is 0.178 e. The molecule has 6 heteroatoms. The maximum atomic E-state index is 13.0. The largest absolute Gasteiger partial charge is 0.312 e. The van der Waals surface area contributed by atoms with Gasteiger partial charge in [0.25, 0.3) is 0 Å². The summed E-state index contributed by atoms with van der Waals surface area (Å²) in [5.41, 5.74) is -0.0387. The van der Waals surface area contributed by atoms with Crippen LogP contribution in [0.2, 0.25) is 5.02 Å². The maximum absolute atomic E-state index is 13.0. The summed E-state index contributed by atoms with van der Waals surface area (Å²) in [5.74, 6) is -0.604. The van der Waals surface area contributed by atoms with Crippen molar-refractivity contribution in [2.24, 2.45) is 0 Å². The zero-order chi connectivity index (χ0) is 14.7. The lowest BCUT2D eigenvalue weighted by atomic mass is 10.1. The van der Waals surface area contributed by atoms with Gasteiger partial charge in [0.2, 0.25) is 0 Å². The van der Waals surface area contributed by atoms with E-state index in [2.05, 4.69) is 5.32 Å². The van der Waals surface area contributed by atoms with Crippen LogP contribution in [0.5, 0.6) is 0 Å². The molecule has 0 bridgehead atoms. The van der Waals surface area contributed by atoms with Gasteiger partial charge in [-0.2, -0.15) is 0 Å². The van der Waals surface area contributed by atoms with Crippen molar-refractivity contribution in [3.63, 3.8) is 0 Å². The van der Waals surface area contributed by atoms with E-state index >= 15 is 0 Å². The van der Waals surface area contributed by atoms with Crippen molar-refractivity contribution in [3.05, 3.63) is 29.0 Å². The summed E-state index contributed by atoms with van der Waals surface area (Å²) in [7, 11) is -3.41. The average Bonchev–Trinajstić information content (AvgIpc) is 2.27. The molecule has 0 aliphatic heterocycles. The fourth-order valence-electron chi connectivity index (χ4n) is 1.51. The summed E-state index contributed by atoms with van der Waals surface area (Å²) in [6.45, 7) is 6.65. The van der Waals surface area contributed by atoms with Crippen LogP contribution < -0.4 is 5.32 Å². The third kappa shape index (κ3) is 5.47. The zero-order valence-corrected chi connectivity index (χ0v) is 12.9. The molecule has 0 unspecified atom stereocenters. The molecule has 0 saturated heterocycles. The molecule has 0 atom stereocenters. The predicted octanol–water partition coefficient (Wildman–Crippen LogP) is 3.03. The Kier molecular flexibility index (Phi) is 5.35. The minimum atomic E-state index is -3.41. The van der Waals surface area contributed by atoms with E-state index in [0.29, 0.717) is 13.0 Å². The second-order valence-electron chi connectivity index (χ2n) is 5.43. The molecule has 1 aromatic carbocycles. The average molecular weight is 308 g/mol. The first-order valence-corrected chi connectivity index (χ1v) is 8.08. The molecule has 0 aliphatic rings. The van der Waals surface area contributed by atoms with Crippen molar-refractivity contribution >= 4 is 21.4 Å². The molecule has 3 nitrogen and oxygen atoms in total. The van der Waals surface area contributed by atoms with Gasteiger partial charge in [-0.25, -0.2) is 12.8 Å². The number of hydrogen-bond acceptors (Lipinski definition) is 3. The Morgan fingerprint density at radius 1 is 1.32 bits per heavy atom. The van der Waals surface area contributed by atoms with Gasteiger partial charge in [-0.05, 0) is 51.9 Å². The number of halogens is 2. The summed E-state index contributed by atoms with van der Waals surface area (Å²) in [6, 6.07) is 3.47. The molecule has 0 amide bonds. The quantitative estimate of drug-likeness (QED) is 0.672. The number of hydrogen-bond donors (Lipinski definition) is 1.